The van der Waals surface area contributed by atoms with Crippen molar-refractivity contribution in [3.63, 3.8) is 0 Å². The van der Waals surface area contributed by atoms with E-state index >= 15 is 0 Å². The third-order valence-corrected chi connectivity index (χ3v) is 2.46. The monoisotopic (exact) mass is 207 g/mol. The van der Waals surface area contributed by atoms with Gasteiger partial charge >= 0.3 is 0 Å². The molecule has 0 spiro atoms. The summed E-state index contributed by atoms with van der Waals surface area (Å²) in [4.78, 5) is 21.5. The molecule has 15 heavy (non-hydrogen) atoms. The van der Waals surface area contributed by atoms with Crippen LogP contribution in [0.1, 0.15) is 30.9 Å². The Hall–Kier alpha value is -1.71. The molecule has 0 saturated carbocycles. The predicted octanol–water partition coefficient (Wildman–Crippen LogP) is 2.60. The highest BCUT2D eigenvalue weighted by Crippen LogP contribution is 2.27. The van der Waals surface area contributed by atoms with Gasteiger partial charge in [0.15, 0.2) is 0 Å². The molecule has 0 saturated heterocycles. The van der Waals surface area contributed by atoms with Crippen LogP contribution in [-0.4, -0.2) is 10.7 Å². The number of carbonyl (C=O) groups excluding carboxylic acids is 1. The van der Waals surface area contributed by atoms with E-state index in [2.05, 4.69) is 0 Å². The Kier molecular flexibility index (Phi) is 3.19. The molecule has 1 aromatic rings. The van der Waals surface area contributed by atoms with Crippen LogP contribution in [0.2, 0.25) is 0 Å². The first kappa shape index (κ1) is 11.4. The van der Waals surface area contributed by atoms with Gasteiger partial charge in [-0.1, -0.05) is 19.1 Å². The largest absolute Gasteiger partial charge is 0.299 e. The van der Waals surface area contributed by atoms with Crippen molar-refractivity contribution in [3.05, 3.63) is 39.4 Å². The number of rotatable bonds is 3. The van der Waals surface area contributed by atoms with E-state index in [-0.39, 0.29) is 11.5 Å². The van der Waals surface area contributed by atoms with Gasteiger partial charge in [0.05, 0.1) is 4.92 Å². The highest BCUT2D eigenvalue weighted by Gasteiger charge is 2.21. The van der Waals surface area contributed by atoms with E-state index in [0.29, 0.717) is 5.56 Å². The van der Waals surface area contributed by atoms with E-state index in [4.69, 9.17) is 0 Å². The lowest BCUT2D eigenvalue weighted by Crippen LogP contribution is -2.07. The minimum Gasteiger partial charge on any atom is -0.299 e. The van der Waals surface area contributed by atoms with E-state index in [1.54, 1.807) is 26.0 Å². The Morgan fingerprint density at radius 2 is 2.07 bits per heavy atom. The lowest BCUT2D eigenvalue weighted by molar-refractivity contribution is -0.385. The molecule has 0 aliphatic heterocycles. The number of nitrogens with zero attached hydrogens (tertiary/aromatic N) is 1. The zero-order valence-electron chi connectivity index (χ0n) is 8.98. The van der Waals surface area contributed by atoms with Crippen molar-refractivity contribution < 1.29 is 9.72 Å². The SMILES string of the molecule is CC(=O)C(C)c1ccc(C)cc1[N+](=O)[O-]. The highest BCUT2D eigenvalue weighted by molar-refractivity contribution is 5.84. The zero-order valence-corrected chi connectivity index (χ0v) is 8.98. The quantitative estimate of drug-likeness (QED) is 0.565. The summed E-state index contributed by atoms with van der Waals surface area (Å²) < 4.78 is 0. The maximum Gasteiger partial charge on any atom is 0.273 e. The molecule has 1 unspecified atom stereocenters. The predicted molar refractivity (Wildman–Crippen MR) is 56.9 cm³/mol. The number of carbonyl (C=O) groups is 1. The van der Waals surface area contributed by atoms with Crippen LogP contribution in [0, 0.1) is 17.0 Å². The van der Waals surface area contributed by atoms with E-state index in [9.17, 15) is 14.9 Å². The summed E-state index contributed by atoms with van der Waals surface area (Å²) in [6.45, 7) is 4.91. The lowest BCUT2D eigenvalue weighted by atomic mass is 9.95. The van der Waals surface area contributed by atoms with Gasteiger partial charge in [-0.3, -0.25) is 14.9 Å². The molecule has 0 aromatic heterocycles. The Morgan fingerprint density at radius 1 is 1.47 bits per heavy atom. The molecule has 0 amide bonds. The van der Waals surface area contributed by atoms with Gasteiger partial charge < -0.3 is 0 Å². The van der Waals surface area contributed by atoms with E-state index in [1.165, 1.54) is 13.0 Å². The first-order valence-electron chi connectivity index (χ1n) is 4.69. The fourth-order valence-corrected chi connectivity index (χ4v) is 1.40. The second-order valence-electron chi connectivity index (χ2n) is 3.65. The molecule has 1 aromatic carbocycles. The second kappa shape index (κ2) is 4.21. The van der Waals surface area contributed by atoms with E-state index in [0.717, 1.165) is 5.56 Å². The van der Waals surface area contributed by atoms with Crippen LogP contribution in [0.5, 0.6) is 0 Å². The molecule has 0 bridgehead atoms. The summed E-state index contributed by atoms with van der Waals surface area (Å²) in [6.07, 6.45) is 0. The van der Waals surface area contributed by atoms with Crippen molar-refractivity contribution in [3.8, 4) is 0 Å². The Labute approximate surface area is 88.1 Å². The molecule has 0 radical (unpaired) electrons. The molecule has 0 aliphatic carbocycles. The van der Waals surface area contributed by atoms with Gasteiger partial charge in [0, 0.05) is 17.5 Å². The number of hydrogen-bond donors (Lipinski definition) is 0. The first-order valence-corrected chi connectivity index (χ1v) is 4.69. The number of benzene rings is 1. The number of ketones is 1. The maximum atomic E-state index is 11.2. The van der Waals surface area contributed by atoms with Crippen molar-refractivity contribution >= 4 is 11.5 Å². The molecule has 4 heteroatoms. The van der Waals surface area contributed by atoms with E-state index in [1.807, 2.05) is 0 Å². The van der Waals surface area contributed by atoms with Gasteiger partial charge in [0.2, 0.25) is 0 Å². The molecular formula is C11H13NO3. The van der Waals surface area contributed by atoms with Gasteiger partial charge in [0.25, 0.3) is 5.69 Å². The summed E-state index contributed by atoms with van der Waals surface area (Å²) >= 11 is 0. The fourth-order valence-electron chi connectivity index (χ4n) is 1.40. The van der Waals surface area contributed by atoms with Crippen LogP contribution in [0.25, 0.3) is 0 Å². The smallest absolute Gasteiger partial charge is 0.273 e. The maximum absolute atomic E-state index is 11.2. The van der Waals surface area contributed by atoms with Crippen molar-refractivity contribution in [2.75, 3.05) is 0 Å². The molecule has 0 heterocycles. The molecule has 4 nitrogen and oxygen atoms in total. The third-order valence-electron chi connectivity index (χ3n) is 2.46. The molecule has 0 aliphatic rings. The standard InChI is InChI=1S/C11H13NO3/c1-7-4-5-10(8(2)9(3)13)11(6-7)12(14)15/h4-6,8H,1-3H3. The molecule has 1 atom stereocenters. The van der Waals surface area contributed by atoms with Gasteiger partial charge in [-0.05, 0) is 19.4 Å². The zero-order chi connectivity index (χ0) is 11.6. The van der Waals surface area contributed by atoms with Crippen molar-refractivity contribution in [2.45, 2.75) is 26.7 Å². The second-order valence-corrected chi connectivity index (χ2v) is 3.65. The molecule has 1 rings (SSSR count). The number of Topliss-reactive ketones (excluding diaryl/α,β-unsaturated/α-hetero) is 1. The Balaban J connectivity index is 3.28. The molecule has 0 fully saturated rings. The van der Waals surface area contributed by atoms with Crippen LogP contribution in [0.4, 0.5) is 5.69 Å². The first-order chi connectivity index (χ1) is 6.93. The van der Waals surface area contributed by atoms with Gasteiger partial charge in [-0.25, -0.2) is 0 Å². The van der Waals surface area contributed by atoms with Crippen molar-refractivity contribution in [1.29, 1.82) is 0 Å². The molecule has 0 N–H and O–H groups in total. The number of nitro groups is 1. The number of hydrogen-bond acceptors (Lipinski definition) is 3. The summed E-state index contributed by atoms with van der Waals surface area (Å²) in [5.74, 6) is -0.493. The summed E-state index contributed by atoms with van der Waals surface area (Å²) in [7, 11) is 0. The normalized spacial score (nSPS) is 12.2. The average molecular weight is 207 g/mol. The van der Waals surface area contributed by atoms with Crippen LogP contribution < -0.4 is 0 Å². The van der Waals surface area contributed by atoms with Crippen LogP contribution in [0.3, 0.4) is 0 Å². The van der Waals surface area contributed by atoms with Crippen LogP contribution in [-0.2, 0) is 4.79 Å². The summed E-state index contributed by atoms with van der Waals surface area (Å²) in [6, 6.07) is 4.93. The minimum atomic E-state index is -0.443. The van der Waals surface area contributed by atoms with Crippen LogP contribution >= 0.6 is 0 Å². The Morgan fingerprint density at radius 3 is 2.53 bits per heavy atom. The average Bonchev–Trinajstić information content (AvgIpc) is 2.16. The number of nitro benzene ring substituents is 1. The molecule has 80 valence electrons. The van der Waals surface area contributed by atoms with Crippen LogP contribution in [0.15, 0.2) is 18.2 Å². The Bertz CT molecular complexity index is 412. The van der Waals surface area contributed by atoms with E-state index < -0.39 is 10.8 Å². The van der Waals surface area contributed by atoms with Gasteiger partial charge in [-0.15, -0.1) is 0 Å². The third kappa shape index (κ3) is 2.40. The topological polar surface area (TPSA) is 60.2 Å². The van der Waals surface area contributed by atoms with Gasteiger partial charge in [0.1, 0.15) is 5.78 Å². The van der Waals surface area contributed by atoms with Crippen molar-refractivity contribution in [1.82, 2.24) is 0 Å². The lowest BCUT2D eigenvalue weighted by Gasteiger charge is -2.08. The highest BCUT2D eigenvalue weighted by atomic mass is 16.6. The van der Waals surface area contributed by atoms with Gasteiger partial charge in [-0.2, -0.15) is 0 Å². The fraction of sp³-hybridized carbons (Fsp3) is 0.364. The number of aryl methyl sites for hydroxylation is 1. The summed E-state index contributed by atoms with van der Waals surface area (Å²) in [5.41, 5.74) is 1.33. The van der Waals surface area contributed by atoms with Crippen molar-refractivity contribution in [2.24, 2.45) is 0 Å². The molecular weight excluding hydrogens is 194 g/mol. The minimum absolute atomic E-state index is 0.0256. The summed E-state index contributed by atoms with van der Waals surface area (Å²) in [5, 5.41) is 10.8.